The Morgan fingerprint density at radius 2 is 1.95 bits per heavy atom. The first kappa shape index (κ1) is 12.3. The summed E-state index contributed by atoms with van der Waals surface area (Å²) in [4.78, 5) is 0. The van der Waals surface area contributed by atoms with Crippen LogP contribution < -0.4 is 5.32 Å². The maximum absolute atomic E-state index is 6.41. The number of hydrogen-bond donors (Lipinski definition) is 1. The van der Waals surface area contributed by atoms with Crippen molar-refractivity contribution in [2.24, 2.45) is 5.92 Å². The molecule has 1 unspecified atom stereocenters. The SMILES string of the molecule is Clc1c2ccoc2c(CC2CCCNC2)c2ccoc12. The van der Waals surface area contributed by atoms with Crippen LogP contribution in [0.1, 0.15) is 18.4 Å². The van der Waals surface area contributed by atoms with Crippen LogP contribution in [-0.2, 0) is 6.42 Å². The average Bonchev–Trinajstić information content (AvgIpc) is 3.14. The third kappa shape index (κ3) is 1.85. The minimum Gasteiger partial charge on any atom is -0.464 e. The van der Waals surface area contributed by atoms with Crippen LogP contribution in [-0.4, -0.2) is 13.1 Å². The highest BCUT2D eigenvalue weighted by Crippen LogP contribution is 2.38. The molecule has 0 bridgehead atoms. The molecule has 1 fully saturated rings. The van der Waals surface area contributed by atoms with Crippen molar-refractivity contribution in [2.75, 3.05) is 13.1 Å². The number of hydrogen-bond acceptors (Lipinski definition) is 3. The molecular weight excluding hydrogens is 274 g/mol. The lowest BCUT2D eigenvalue weighted by Gasteiger charge is -2.23. The van der Waals surface area contributed by atoms with Gasteiger partial charge >= 0.3 is 0 Å². The van der Waals surface area contributed by atoms with Gasteiger partial charge in [-0.15, -0.1) is 0 Å². The van der Waals surface area contributed by atoms with E-state index in [4.69, 9.17) is 20.4 Å². The van der Waals surface area contributed by atoms with Crippen molar-refractivity contribution in [3.63, 3.8) is 0 Å². The lowest BCUT2D eigenvalue weighted by atomic mass is 9.90. The van der Waals surface area contributed by atoms with Crippen LogP contribution in [0.3, 0.4) is 0 Å². The predicted molar refractivity (Wildman–Crippen MR) is 80.3 cm³/mol. The number of rotatable bonds is 2. The smallest absolute Gasteiger partial charge is 0.153 e. The molecule has 1 aromatic carbocycles. The Bertz CT molecular complexity index is 701. The van der Waals surface area contributed by atoms with Crippen LogP contribution in [0.4, 0.5) is 0 Å². The zero-order chi connectivity index (χ0) is 13.5. The van der Waals surface area contributed by atoms with Crippen LogP contribution in [0, 0.1) is 5.92 Å². The van der Waals surface area contributed by atoms with Crippen LogP contribution >= 0.6 is 11.6 Å². The third-order valence-corrected chi connectivity index (χ3v) is 4.63. The number of fused-ring (bicyclic) bond motifs is 2. The molecule has 20 heavy (non-hydrogen) atoms. The standard InChI is InChI=1S/C16H16ClNO2/c17-14-12-4-7-19-15(12)13(11-3-6-20-16(11)14)8-10-2-1-5-18-9-10/h3-4,6-7,10,18H,1-2,5,8-9H2. The summed E-state index contributed by atoms with van der Waals surface area (Å²) < 4.78 is 11.3. The number of benzene rings is 1. The van der Waals surface area contributed by atoms with Gasteiger partial charge in [-0.2, -0.15) is 0 Å². The van der Waals surface area contributed by atoms with Crippen LogP contribution in [0.15, 0.2) is 33.5 Å². The fourth-order valence-corrected chi connectivity index (χ4v) is 3.56. The maximum atomic E-state index is 6.41. The predicted octanol–water partition coefficient (Wildman–Crippen LogP) is 4.37. The topological polar surface area (TPSA) is 38.3 Å². The summed E-state index contributed by atoms with van der Waals surface area (Å²) in [7, 11) is 0. The van der Waals surface area contributed by atoms with Gasteiger partial charge in [-0.3, -0.25) is 0 Å². The Morgan fingerprint density at radius 3 is 2.75 bits per heavy atom. The van der Waals surface area contributed by atoms with Gasteiger partial charge in [-0.1, -0.05) is 11.6 Å². The van der Waals surface area contributed by atoms with Gasteiger partial charge in [0.05, 0.1) is 17.5 Å². The molecule has 4 rings (SSSR count). The van der Waals surface area contributed by atoms with Crippen molar-refractivity contribution in [1.82, 2.24) is 5.32 Å². The minimum atomic E-state index is 0.649. The lowest BCUT2D eigenvalue weighted by molar-refractivity contribution is 0.376. The van der Waals surface area contributed by atoms with E-state index in [2.05, 4.69) is 5.32 Å². The minimum absolute atomic E-state index is 0.649. The Morgan fingerprint density at radius 1 is 1.15 bits per heavy atom. The molecule has 1 aliphatic rings. The van der Waals surface area contributed by atoms with Gasteiger partial charge in [-0.25, -0.2) is 0 Å². The number of piperidine rings is 1. The molecule has 0 amide bonds. The first-order valence-electron chi connectivity index (χ1n) is 7.10. The fourth-order valence-electron chi connectivity index (χ4n) is 3.27. The van der Waals surface area contributed by atoms with Gasteiger partial charge in [-0.05, 0) is 50.4 Å². The van der Waals surface area contributed by atoms with Crippen molar-refractivity contribution in [1.29, 1.82) is 0 Å². The van der Waals surface area contributed by atoms with Crippen LogP contribution in [0.25, 0.3) is 21.9 Å². The normalized spacial score (nSPS) is 19.9. The summed E-state index contributed by atoms with van der Waals surface area (Å²) >= 11 is 6.41. The van der Waals surface area contributed by atoms with Crippen LogP contribution in [0.5, 0.6) is 0 Å². The van der Waals surface area contributed by atoms with Crippen molar-refractivity contribution in [2.45, 2.75) is 19.3 Å². The second kappa shape index (κ2) is 4.83. The molecule has 3 nitrogen and oxygen atoms in total. The van der Waals surface area contributed by atoms with Gasteiger partial charge in [0.2, 0.25) is 0 Å². The highest BCUT2D eigenvalue weighted by Gasteiger charge is 2.21. The van der Waals surface area contributed by atoms with Gasteiger partial charge in [0.25, 0.3) is 0 Å². The maximum Gasteiger partial charge on any atom is 0.153 e. The molecule has 0 saturated carbocycles. The monoisotopic (exact) mass is 289 g/mol. The first-order valence-corrected chi connectivity index (χ1v) is 7.48. The number of halogens is 1. The van der Waals surface area contributed by atoms with E-state index in [0.717, 1.165) is 41.4 Å². The third-order valence-electron chi connectivity index (χ3n) is 4.26. The quantitative estimate of drug-likeness (QED) is 0.761. The molecule has 1 N–H and O–H groups in total. The second-order valence-corrected chi connectivity index (χ2v) is 5.91. The molecule has 4 heteroatoms. The molecular formula is C16H16ClNO2. The van der Waals surface area contributed by atoms with Gasteiger partial charge in [0, 0.05) is 16.3 Å². The Hall–Kier alpha value is -1.45. The zero-order valence-corrected chi connectivity index (χ0v) is 11.9. The molecule has 3 aromatic rings. The summed E-state index contributed by atoms with van der Waals surface area (Å²) in [6.45, 7) is 2.21. The molecule has 0 radical (unpaired) electrons. The second-order valence-electron chi connectivity index (χ2n) is 5.54. The van der Waals surface area contributed by atoms with E-state index in [1.807, 2.05) is 12.1 Å². The van der Waals surface area contributed by atoms with E-state index in [1.165, 1.54) is 18.4 Å². The molecule has 0 aliphatic carbocycles. The van der Waals surface area contributed by atoms with Crippen molar-refractivity contribution >= 4 is 33.5 Å². The highest BCUT2D eigenvalue weighted by atomic mass is 35.5. The zero-order valence-electron chi connectivity index (χ0n) is 11.1. The fraction of sp³-hybridized carbons (Fsp3) is 0.375. The van der Waals surface area contributed by atoms with Gasteiger partial charge in [0.15, 0.2) is 5.58 Å². The van der Waals surface area contributed by atoms with Gasteiger partial charge < -0.3 is 14.2 Å². The van der Waals surface area contributed by atoms with E-state index in [1.54, 1.807) is 12.5 Å². The van der Waals surface area contributed by atoms with E-state index in [0.29, 0.717) is 10.9 Å². The van der Waals surface area contributed by atoms with Crippen molar-refractivity contribution < 1.29 is 8.83 Å². The lowest BCUT2D eigenvalue weighted by Crippen LogP contribution is -2.30. The molecule has 1 atom stereocenters. The molecule has 2 aromatic heterocycles. The summed E-state index contributed by atoms with van der Waals surface area (Å²) in [5.74, 6) is 0.649. The Labute approximate surface area is 121 Å². The molecule has 1 saturated heterocycles. The van der Waals surface area contributed by atoms with Crippen molar-refractivity contribution in [3.8, 4) is 0 Å². The Kier molecular flexibility index (Phi) is 2.97. The van der Waals surface area contributed by atoms with E-state index < -0.39 is 0 Å². The molecule has 104 valence electrons. The number of nitrogens with one attached hydrogen (secondary N) is 1. The van der Waals surface area contributed by atoms with Gasteiger partial charge in [0.1, 0.15) is 5.58 Å². The summed E-state index contributed by atoms with van der Waals surface area (Å²) in [5, 5.41) is 6.16. The summed E-state index contributed by atoms with van der Waals surface area (Å²) in [6.07, 6.45) is 6.92. The first-order chi connectivity index (χ1) is 9.84. The summed E-state index contributed by atoms with van der Waals surface area (Å²) in [5.41, 5.74) is 2.92. The average molecular weight is 290 g/mol. The largest absolute Gasteiger partial charge is 0.464 e. The summed E-state index contributed by atoms with van der Waals surface area (Å²) in [6, 6.07) is 3.91. The van der Waals surface area contributed by atoms with E-state index in [9.17, 15) is 0 Å². The molecule has 0 spiro atoms. The van der Waals surface area contributed by atoms with Crippen molar-refractivity contribution in [3.05, 3.63) is 35.2 Å². The van der Waals surface area contributed by atoms with Crippen LogP contribution in [0.2, 0.25) is 5.02 Å². The Balaban J connectivity index is 1.88. The molecule has 3 heterocycles. The van der Waals surface area contributed by atoms with E-state index in [-0.39, 0.29) is 0 Å². The highest BCUT2D eigenvalue weighted by molar-refractivity contribution is 6.40. The van der Waals surface area contributed by atoms with E-state index >= 15 is 0 Å². The molecule has 1 aliphatic heterocycles. The number of furan rings is 2.